The van der Waals surface area contributed by atoms with Crippen LogP contribution in [0.4, 0.5) is 4.79 Å². The molecule has 20 heavy (non-hydrogen) atoms. The summed E-state index contributed by atoms with van der Waals surface area (Å²) in [5.41, 5.74) is 0.301. The molecule has 0 spiro atoms. The van der Waals surface area contributed by atoms with Gasteiger partial charge in [-0.1, -0.05) is 30.3 Å². The number of nitrogens with zero attached hydrogens (tertiary/aromatic N) is 1. The lowest BCUT2D eigenvalue weighted by molar-refractivity contribution is -0.140. The molecule has 1 aromatic carbocycles. The fourth-order valence-corrected chi connectivity index (χ4v) is 2.13. The van der Waals surface area contributed by atoms with Crippen LogP contribution in [0.5, 0.6) is 0 Å². The summed E-state index contributed by atoms with van der Waals surface area (Å²) in [6, 6.07) is 8.48. The lowest BCUT2D eigenvalue weighted by atomic mass is 10.1. The highest BCUT2D eigenvalue weighted by molar-refractivity contribution is 5.88. The Morgan fingerprint density at radius 3 is 2.25 bits per heavy atom. The van der Waals surface area contributed by atoms with Crippen LogP contribution in [0, 0.1) is 0 Å². The molecular formula is C15H19NO4. The Kier molecular flexibility index (Phi) is 3.70. The molecule has 0 aromatic heterocycles. The zero-order chi connectivity index (χ0) is 14.9. The van der Waals surface area contributed by atoms with Crippen molar-refractivity contribution in [3.63, 3.8) is 0 Å². The molecule has 0 aliphatic carbocycles. The van der Waals surface area contributed by atoms with Gasteiger partial charge in [0.05, 0.1) is 13.2 Å². The Hall–Kier alpha value is -2.04. The number of hydrogen-bond donors (Lipinski definition) is 0. The highest BCUT2D eigenvalue weighted by atomic mass is 16.6. The minimum Gasteiger partial charge on any atom is -0.467 e. The molecule has 108 valence electrons. The predicted octanol–water partition coefficient (Wildman–Crippen LogP) is 2.52. The molecule has 0 N–H and O–H groups in total. The first kappa shape index (κ1) is 14.4. The molecule has 0 unspecified atom stereocenters. The Morgan fingerprint density at radius 2 is 1.75 bits per heavy atom. The summed E-state index contributed by atoms with van der Waals surface area (Å²) in [4.78, 5) is 25.3. The molecule has 1 heterocycles. The highest BCUT2D eigenvalue weighted by Crippen LogP contribution is 2.44. The van der Waals surface area contributed by atoms with E-state index < -0.39 is 23.7 Å². The summed E-state index contributed by atoms with van der Waals surface area (Å²) in [6.45, 7) is 5.37. The van der Waals surface area contributed by atoms with Crippen LogP contribution in [-0.4, -0.2) is 35.7 Å². The Bertz CT molecular complexity index is 506. The summed E-state index contributed by atoms with van der Waals surface area (Å²) in [7, 11) is 1.32. The quantitative estimate of drug-likeness (QED) is 0.615. The molecule has 1 saturated heterocycles. The zero-order valence-electron chi connectivity index (χ0n) is 12.1. The van der Waals surface area contributed by atoms with E-state index in [0.717, 1.165) is 5.56 Å². The minimum absolute atomic E-state index is 0.307. The average Bonchev–Trinajstić information content (AvgIpc) is 3.12. The van der Waals surface area contributed by atoms with Crippen LogP contribution in [0.1, 0.15) is 32.4 Å². The van der Waals surface area contributed by atoms with E-state index in [-0.39, 0.29) is 6.04 Å². The summed E-state index contributed by atoms with van der Waals surface area (Å²) in [5.74, 6) is -0.426. The third-order valence-electron chi connectivity index (χ3n) is 3.00. The van der Waals surface area contributed by atoms with Crippen molar-refractivity contribution in [2.24, 2.45) is 0 Å². The van der Waals surface area contributed by atoms with Crippen molar-refractivity contribution < 1.29 is 19.1 Å². The number of methoxy groups -OCH3 is 1. The maximum Gasteiger partial charge on any atom is 0.411 e. The number of carbonyl (C=O) groups is 2. The topological polar surface area (TPSA) is 55.6 Å². The van der Waals surface area contributed by atoms with E-state index >= 15 is 0 Å². The van der Waals surface area contributed by atoms with Crippen molar-refractivity contribution in [3.05, 3.63) is 35.9 Å². The maximum absolute atomic E-state index is 12.1. The SMILES string of the molecule is COC(=O)[C@@H]1[C@H](c2ccccc2)N1C(=O)OC(C)(C)C. The van der Waals surface area contributed by atoms with Gasteiger partial charge in [-0.3, -0.25) is 4.90 Å². The molecular weight excluding hydrogens is 258 g/mol. The Labute approximate surface area is 118 Å². The summed E-state index contributed by atoms with van der Waals surface area (Å²) in [5, 5.41) is 0. The molecule has 1 amide bonds. The van der Waals surface area contributed by atoms with Gasteiger partial charge >= 0.3 is 12.1 Å². The first-order chi connectivity index (χ1) is 9.35. The van der Waals surface area contributed by atoms with Gasteiger partial charge in [-0.25, -0.2) is 9.59 Å². The minimum atomic E-state index is -0.600. The van der Waals surface area contributed by atoms with Gasteiger partial charge in [0.25, 0.3) is 0 Å². The normalized spacial score (nSPS) is 21.3. The summed E-state index contributed by atoms with van der Waals surface area (Å²) in [6.07, 6.45) is -0.498. The second-order valence-electron chi connectivity index (χ2n) is 5.71. The van der Waals surface area contributed by atoms with Crippen molar-refractivity contribution >= 4 is 12.1 Å². The van der Waals surface area contributed by atoms with E-state index in [0.29, 0.717) is 0 Å². The number of carbonyl (C=O) groups excluding carboxylic acids is 2. The number of esters is 1. The largest absolute Gasteiger partial charge is 0.467 e. The molecule has 0 saturated carbocycles. The molecule has 2 rings (SSSR count). The Balaban J connectivity index is 2.18. The third-order valence-corrected chi connectivity index (χ3v) is 3.00. The molecule has 5 heteroatoms. The van der Waals surface area contributed by atoms with E-state index in [1.165, 1.54) is 12.0 Å². The van der Waals surface area contributed by atoms with Crippen LogP contribution in [0.3, 0.4) is 0 Å². The van der Waals surface area contributed by atoms with Gasteiger partial charge in [0.1, 0.15) is 5.60 Å². The van der Waals surface area contributed by atoms with Crippen molar-refractivity contribution in [3.8, 4) is 0 Å². The predicted molar refractivity (Wildman–Crippen MR) is 73.1 cm³/mol. The third kappa shape index (κ3) is 2.92. The first-order valence-corrected chi connectivity index (χ1v) is 6.49. The molecule has 1 aromatic rings. The lowest BCUT2D eigenvalue weighted by Gasteiger charge is -2.20. The van der Waals surface area contributed by atoms with Crippen LogP contribution in [0.15, 0.2) is 30.3 Å². The van der Waals surface area contributed by atoms with Crippen LogP contribution in [0.2, 0.25) is 0 Å². The molecule has 0 radical (unpaired) electrons. The zero-order valence-corrected chi connectivity index (χ0v) is 12.1. The monoisotopic (exact) mass is 277 g/mol. The Morgan fingerprint density at radius 1 is 1.15 bits per heavy atom. The number of hydrogen-bond acceptors (Lipinski definition) is 4. The molecule has 5 nitrogen and oxygen atoms in total. The van der Waals surface area contributed by atoms with Gasteiger partial charge in [0, 0.05) is 0 Å². The van der Waals surface area contributed by atoms with Crippen molar-refractivity contribution in [2.75, 3.05) is 7.11 Å². The van der Waals surface area contributed by atoms with Crippen LogP contribution < -0.4 is 0 Å². The van der Waals surface area contributed by atoms with Gasteiger partial charge in [0.15, 0.2) is 6.04 Å². The van der Waals surface area contributed by atoms with Crippen LogP contribution in [0.25, 0.3) is 0 Å². The molecule has 1 aliphatic rings. The molecule has 2 atom stereocenters. The number of amides is 1. The van der Waals surface area contributed by atoms with E-state index in [1.54, 1.807) is 20.8 Å². The van der Waals surface area contributed by atoms with Gasteiger partial charge in [-0.2, -0.15) is 0 Å². The van der Waals surface area contributed by atoms with Gasteiger partial charge in [0.2, 0.25) is 0 Å². The van der Waals surface area contributed by atoms with Gasteiger partial charge in [-0.05, 0) is 26.3 Å². The van der Waals surface area contributed by atoms with Crippen molar-refractivity contribution in [2.45, 2.75) is 38.5 Å². The van der Waals surface area contributed by atoms with Gasteiger partial charge in [-0.15, -0.1) is 0 Å². The van der Waals surface area contributed by atoms with Crippen molar-refractivity contribution in [1.82, 2.24) is 4.90 Å². The average molecular weight is 277 g/mol. The highest BCUT2D eigenvalue weighted by Gasteiger charge is 2.58. The van der Waals surface area contributed by atoms with E-state index in [1.807, 2.05) is 30.3 Å². The molecule has 0 bridgehead atoms. The molecule has 1 fully saturated rings. The second-order valence-corrected chi connectivity index (χ2v) is 5.71. The summed E-state index contributed by atoms with van der Waals surface area (Å²) >= 11 is 0. The van der Waals surface area contributed by atoms with Crippen molar-refractivity contribution in [1.29, 1.82) is 0 Å². The standard InChI is InChI=1S/C15H19NO4/c1-15(2,3)20-14(18)16-11(12(16)13(17)19-4)10-8-6-5-7-9-10/h5-9,11-12H,1-4H3/t11-,12-,16?/m0/s1. The van der Waals surface area contributed by atoms with Crippen LogP contribution >= 0.6 is 0 Å². The van der Waals surface area contributed by atoms with Gasteiger partial charge < -0.3 is 9.47 Å². The summed E-state index contributed by atoms with van der Waals surface area (Å²) < 4.78 is 10.1. The number of benzene rings is 1. The molecule has 1 aliphatic heterocycles. The maximum atomic E-state index is 12.1. The lowest BCUT2D eigenvalue weighted by Crippen LogP contribution is -2.29. The van der Waals surface area contributed by atoms with E-state index in [4.69, 9.17) is 9.47 Å². The number of rotatable bonds is 2. The smallest absolute Gasteiger partial charge is 0.411 e. The van der Waals surface area contributed by atoms with E-state index in [9.17, 15) is 9.59 Å². The van der Waals surface area contributed by atoms with E-state index in [2.05, 4.69) is 0 Å². The fraction of sp³-hybridized carbons (Fsp3) is 0.467. The number of ether oxygens (including phenoxy) is 2. The fourth-order valence-electron chi connectivity index (χ4n) is 2.13. The van der Waals surface area contributed by atoms with Crippen LogP contribution in [-0.2, 0) is 14.3 Å². The second kappa shape index (κ2) is 5.15. The first-order valence-electron chi connectivity index (χ1n) is 6.49.